The van der Waals surface area contributed by atoms with Crippen molar-refractivity contribution in [2.75, 3.05) is 6.61 Å². The van der Waals surface area contributed by atoms with E-state index in [0.29, 0.717) is 12.7 Å². The topological polar surface area (TPSA) is 89.9 Å². The predicted octanol–water partition coefficient (Wildman–Crippen LogP) is 3.86. The highest BCUT2D eigenvalue weighted by atomic mass is 19.1. The van der Waals surface area contributed by atoms with E-state index in [-0.39, 0.29) is 53.7 Å². The molecule has 1 aromatic heterocycles. The molecule has 2 aliphatic heterocycles. The fourth-order valence-corrected chi connectivity index (χ4v) is 4.90. The maximum absolute atomic E-state index is 14.1. The second-order valence-corrected chi connectivity index (χ2v) is 10.8. The Kier molecular flexibility index (Phi) is 6.98. The number of benzene rings is 2. The van der Waals surface area contributed by atoms with Crippen molar-refractivity contribution in [1.82, 2.24) is 14.8 Å². The third-order valence-electron chi connectivity index (χ3n) is 7.05. The number of hydrogen-bond donors (Lipinski definition) is 1. The van der Waals surface area contributed by atoms with Crippen molar-refractivity contribution < 1.29 is 27.8 Å². The van der Waals surface area contributed by atoms with E-state index in [1.165, 1.54) is 16.8 Å². The van der Waals surface area contributed by atoms with Gasteiger partial charge in [0.1, 0.15) is 23.8 Å². The van der Waals surface area contributed by atoms with Gasteiger partial charge in [0, 0.05) is 24.4 Å². The average Bonchev–Trinajstić information content (AvgIpc) is 3.33. The van der Waals surface area contributed by atoms with Crippen LogP contribution in [0.25, 0.3) is 0 Å². The van der Waals surface area contributed by atoms with Gasteiger partial charge in [0.15, 0.2) is 17.7 Å². The molecule has 10 heteroatoms. The summed E-state index contributed by atoms with van der Waals surface area (Å²) in [6.45, 7) is 6.33. The van der Waals surface area contributed by atoms with Crippen LogP contribution in [0.5, 0.6) is 5.75 Å². The summed E-state index contributed by atoms with van der Waals surface area (Å²) in [7, 11) is 0. The molecule has 2 amide bonds. The second-order valence-electron chi connectivity index (χ2n) is 10.8. The van der Waals surface area contributed by atoms with Crippen LogP contribution >= 0.6 is 0 Å². The number of aromatic nitrogens is 1. The number of ether oxygens (including phenoxy) is 2. The number of amides is 2. The second kappa shape index (κ2) is 10.3. The maximum atomic E-state index is 14.1. The van der Waals surface area contributed by atoms with Gasteiger partial charge in [0.2, 0.25) is 5.43 Å². The molecule has 0 bridgehead atoms. The molecule has 0 spiro atoms. The van der Waals surface area contributed by atoms with Crippen LogP contribution in [0.15, 0.2) is 59.5 Å². The van der Waals surface area contributed by atoms with Crippen molar-refractivity contribution in [2.45, 2.75) is 52.7 Å². The fraction of sp³-hybridized carbons (Fsp3) is 0.345. The first-order valence-corrected chi connectivity index (χ1v) is 12.6. The molecule has 3 aromatic rings. The first-order valence-electron chi connectivity index (χ1n) is 12.6. The van der Waals surface area contributed by atoms with E-state index in [2.05, 4.69) is 5.32 Å². The van der Waals surface area contributed by atoms with Gasteiger partial charge < -0.3 is 24.3 Å². The SMILES string of the molecule is CC(C)(C)C1COC2Cn3cc(C(=O)NCc4ccc(F)cc4F)c(=O)c(OCc4ccccc4)c3C(=O)N21. The van der Waals surface area contributed by atoms with Gasteiger partial charge in [-0.2, -0.15) is 0 Å². The van der Waals surface area contributed by atoms with Crippen molar-refractivity contribution in [1.29, 1.82) is 0 Å². The lowest BCUT2D eigenvalue weighted by Gasteiger charge is -2.39. The van der Waals surface area contributed by atoms with Crippen LogP contribution in [0.2, 0.25) is 0 Å². The first-order chi connectivity index (χ1) is 18.5. The van der Waals surface area contributed by atoms with Gasteiger partial charge in [-0.25, -0.2) is 8.78 Å². The Bertz CT molecular complexity index is 1480. The summed E-state index contributed by atoms with van der Waals surface area (Å²) in [6.07, 6.45) is 0.745. The van der Waals surface area contributed by atoms with Crippen molar-refractivity contribution in [2.24, 2.45) is 5.41 Å². The molecule has 204 valence electrons. The quantitative estimate of drug-likeness (QED) is 0.516. The number of carbonyl (C=O) groups is 2. The van der Waals surface area contributed by atoms with E-state index in [1.807, 2.05) is 51.1 Å². The third kappa shape index (κ3) is 5.16. The van der Waals surface area contributed by atoms with Crippen LogP contribution in [0.4, 0.5) is 8.78 Å². The molecular formula is C29H29F2N3O5. The van der Waals surface area contributed by atoms with E-state index in [4.69, 9.17) is 9.47 Å². The Morgan fingerprint density at radius 3 is 2.56 bits per heavy atom. The van der Waals surface area contributed by atoms with Crippen LogP contribution in [0.1, 0.15) is 52.7 Å². The summed E-state index contributed by atoms with van der Waals surface area (Å²) in [5.74, 6) is -2.98. The number of rotatable bonds is 6. The number of pyridine rings is 1. The van der Waals surface area contributed by atoms with E-state index >= 15 is 0 Å². The van der Waals surface area contributed by atoms with Crippen LogP contribution in [-0.2, 0) is 24.4 Å². The highest BCUT2D eigenvalue weighted by Gasteiger charge is 2.48. The van der Waals surface area contributed by atoms with E-state index in [9.17, 15) is 23.2 Å². The van der Waals surface area contributed by atoms with Gasteiger partial charge in [0.25, 0.3) is 11.8 Å². The van der Waals surface area contributed by atoms with Gasteiger partial charge >= 0.3 is 0 Å². The number of nitrogens with one attached hydrogen (secondary N) is 1. The Labute approximate surface area is 224 Å². The van der Waals surface area contributed by atoms with Crippen molar-refractivity contribution in [3.63, 3.8) is 0 Å². The average molecular weight is 538 g/mol. The zero-order valence-electron chi connectivity index (χ0n) is 21.9. The normalized spacial score (nSPS) is 18.5. The van der Waals surface area contributed by atoms with Crippen molar-refractivity contribution >= 4 is 11.8 Å². The van der Waals surface area contributed by atoms with E-state index in [0.717, 1.165) is 11.6 Å². The van der Waals surface area contributed by atoms with Crippen LogP contribution in [0, 0.1) is 17.0 Å². The minimum absolute atomic E-state index is 0.00481. The highest BCUT2D eigenvalue weighted by Crippen LogP contribution is 2.37. The molecule has 2 aromatic carbocycles. The van der Waals surface area contributed by atoms with Gasteiger partial charge in [-0.15, -0.1) is 0 Å². The Hall–Kier alpha value is -4.05. The van der Waals surface area contributed by atoms with Gasteiger partial charge in [-0.1, -0.05) is 57.2 Å². The summed E-state index contributed by atoms with van der Waals surface area (Å²) in [5, 5.41) is 2.51. The van der Waals surface area contributed by atoms with Crippen molar-refractivity contribution in [3.8, 4) is 5.75 Å². The molecule has 0 aliphatic carbocycles. The number of nitrogens with zero attached hydrogens (tertiary/aromatic N) is 2. The van der Waals surface area contributed by atoms with Gasteiger partial charge in [-0.3, -0.25) is 14.4 Å². The first kappa shape index (κ1) is 26.6. The lowest BCUT2D eigenvalue weighted by molar-refractivity contribution is 0.00127. The molecule has 39 heavy (non-hydrogen) atoms. The van der Waals surface area contributed by atoms with E-state index < -0.39 is 35.1 Å². The van der Waals surface area contributed by atoms with Gasteiger partial charge in [0.05, 0.1) is 19.2 Å². The number of carbonyl (C=O) groups excluding carboxylic acids is 2. The maximum Gasteiger partial charge on any atom is 0.276 e. The van der Waals surface area contributed by atoms with Crippen LogP contribution in [-0.4, -0.2) is 40.2 Å². The molecule has 0 radical (unpaired) electrons. The van der Waals surface area contributed by atoms with Crippen molar-refractivity contribution in [3.05, 3.63) is 99.0 Å². The summed E-state index contributed by atoms with van der Waals surface area (Å²) in [4.78, 5) is 42.2. The lowest BCUT2D eigenvalue weighted by atomic mass is 9.86. The molecule has 0 saturated carbocycles. The smallest absolute Gasteiger partial charge is 0.276 e. The minimum Gasteiger partial charge on any atom is -0.483 e. The standard InChI is InChI=1S/C29H29F2N3O5/c1-29(2,3)22-16-38-23-14-33-13-20(27(36)32-12-18-9-10-19(30)11-21(18)31)25(35)26(24(33)28(37)34(22)23)39-15-17-7-5-4-6-8-17/h4-11,13,22-23H,12,14-16H2,1-3H3,(H,32,36). The monoisotopic (exact) mass is 537 g/mol. The molecular weight excluding hydrogens is 508 g/mol. The Morgan fingerprint density at radius 1 is 1.13 bits per heavy atom. The molecule has 1 N–H and O–H groups in total. The third-order valence-corrected chi connectivity index (χ3v) is 7.05. The molecule has 1 saturated heterocycles. The van der Waals surface area contributed by atoms with Crippen LogP contribution < -0.4 is 15.5 Å². The van der Waals surface area contributed by atoms with Crippen LogP contribution in [0.3, 0.4) is 0 Å². The van der Waals surface area contributed by atoms with E-state index in [1.54, 1.807) is 4.90 Å². The zero-order chi connectivity index (χ0) is 27.9. The lowest BCUT2D eigenvalue weighted by Crippen LogP contribution is -2.53. The zero-order valence-corrected chi connectivity index (χ0v) is 21.9. The molecule has 2 unspecified atom stereocenters. The largest absolute Gasteiger partial charge is 0.483 e. The molecule has 8 nitrogen and oxygen atoms in total. The predicted molar refractivity (Wildman–Crippen MR) is 138 cm³/mol. The molecule has 2 aliphatic rings. The Balaban J connectivity index is 1.51. The molecule has 5 rings (SSSR count). The summed E-state index contributed by atoms with van der Waals surface area (Å²) < 4.78 is 40.7. The summed E-state index contributed by atoms with van der Waals surface area (Å²) >= 11 is 0. The summed E-state index contributed by atoms with van der Waals surface area (Å²) in [6, 6.07) is 11.9. The number of fused-ring (bicyclic) bond motifs is 2. The number of hydrogen-bond acceptors (Lipinski definition) is 5. The molecule has 1 fully saturated rings. The minimum atomic E-state index is -0.818. The Morgan fingerprint density at radius 2 is 1.87 bits per heavy atom. The fourth-order valence-electron chi connectivity index (χ4n) is 4.90. The highest BCUT2D eigenvalue weighted by molar-refractivity contribution is 5.99. The summed E-state index contributed by atoms with van der Waals surface area (Å²) in [5.41, 5.74) is -0.414. The molecule has 3 heterocycles. The molecule has 2 atom stereocenters. The van der Waals surface area contributed by atoms with Gasteiger partial charge in [-0.05, 0) is 17.0 Å². The number of halogens is 2.